The summed E-state index contributed by atoms with van der Waals surface area (Å²) in [5, 5.41) is 45.0. The van der Waals surface area contributed by atoms with E-state index < -0.39 is 39.9 Å². The second kappa shape index (κ2) is 9.22. The quantitative estimate of drug-likeness (QED) is 0.384. The molecule has 2 atom stereocenters. The highest BCUT2D eigenvalue weighted by Gasteiger charge is 2.48. The fourth-order valence-electron chi connectivity index (χ4n) is 5.90. The number of nitrogens with zero attached hydrogens (tertiary/aromatic N) is 3. The van der Waals surface area contributed by atoms with E-state index in [0.29, 0.717) is 18.5 Å². The molecule has 10 nitrogen and oxygen atoms in total. The van der Waals surface area contributed by atoms with Gasteiger partial charge in [0.25, 0.3) is 5.91 Å². The van der Waals surface area contributed by atoms with Gasteiger partial charge in [0.2, 0.25) is 0 Å². The van der Waals surface area contributed by atoms with E-state index >= 15 is 0 Å². The number of carbonyl (C=O) groups excluding carboxylic acids is 1. The molecule has 1 fully saturated rings. The molecule has 1 saturated heterocycles. The molecule has 200 valence electrons. The van der Waals surface area contributed by atoms with Crippen LogP contribution in [0.15, 0.2) is 24.1 Å². The standard InChI is InChI=1S/C27H34BN5O5/c1-24(2)13-27(28,37)18(20(34)21(24)35)19-17(33-23(36)22-30-12-15(11-29)31-22)8-7-16(32-19)14-9-25(3,4)38-26(5,6)10-14/h7-8,12,14,21,34-35,37H,9-10,13H2,1-6H3,(H,30,31)(H,33,36). The third-order valence-electron chi connectivity index (χ3n) is 7.17. The molecule has 2 unspecified atom stereocenters. The Labute approximate surface area is 223 Å². The lowest BCUT2D eigenvalue weighted by Crippen LogP contribution is -2.48. The highest BCUT2D eigenvalue weighted by Crippen LogP contribution is 2.48. The predicted molar refractivity (Wildman–Crippen MR) is 141 cm³/mol. The van der Waals surface area contributed by atoms with Gasteiger partial charge in [-0.1, -0.05) is 13.8 Å². The van der Waals surface area contributed by atoms with Crippen LogP contribution in [0.3, 0.4) is 0 Å². The Bertz CT molecular complexity index is 1320. The fourth-order valence-corrected chi connectivity index (χ4v) is 5.90. The largest absolute Gasteiger partial charge is 0.509 e. The number of aliphatic hydroxyl groups is 3. The van der Waals surface area contributed by atoms with Crippen LogP contribution in [-0.2, 0) is 4.74 Å². The van der Waals surface area contributed by atoms with Crippen molar-refractivity contribution in [3.05, 3.63) is 47.0 Å². The molecule has 3 heterocycles. The molecule has 2 aromatic heterocycles. The van der Waals surface area contributed by atoms with Crippen molar-refractivity contribution in [1.82, 2.24) is 15.0 Å². The minimum atomic E-state index is -2.05. The Kier molecular flexibility index (Phi) is 6.75. The molecular formula is C27H34BN5O5. The highest BCUT2D eigenvalue weighted by atomic mass is 16.5. The Morgan fingerprint density at radius 1 is 1.21 bits per heavy atom. The maximum atomic E-state index is 13.0. The topological polar surface area (TPSA) is 164 Å². The molecule has 0 aromatic carbocycles. The number of aromatic nitrogens is 3. The van der Waals surface area contributed by atoms with Crippen molar-refractivity contribution in [2.24, 2.45) is 5.41 Å². The second-order valence-corrected chi connectivity index (χ2v) is 12.3. The van der Waals surface area contributed by atoms with Crippen LogP contribution in [-0.4, -0.2) is 66.8 Å². The van der Waals surface area contributed by atoms with E-state index in [1.54, 1.807) is 26.0 Å². The zero-order valence-corrected chi connectivity index (χ0v) is 22.6. The number of imidazole rings is 1. The van der Waals surface area contributed by atoms with Crippen molar-refractivity contribution in [3.8, 4) is 6.07 Å². The molecule has 4 rings (SSSR count). The third kappa shape index (κ3) is 5.34. The second-order valence-electron chi connectivity index (χ2n) is 12.3. The van der Waals surface area contributed by atoms with Crippen LogP contribution in [0.4, 0.5) is 5.69 Å². The molecule has 0 saturated carbocycles. The summed E-state index contributed by atoms with van der Waals surface area (Å²) >= 11 is 0. The first-order chi connectivity index (χ1) is 17.4. The van der Waals surface area contributed by atoms with Gasteiger partial charge in [0.1, 0.15) is 31.5 Å². The van der Waals surface area contributed by atoms with Crippen molar-refractivity contribution < 1.29 is 24.9 Å². The number of nitriles is 1. The molecule has 1 amide bonds. The van der Waals surface area contributed by atoms with Crippen LogP contribution in [0.1, 0.15) is 94.4 Å². The molecule has 11 heteroatoms. The number of pyridine rings is 1. The highest BCUT2D eigenvalue weighted by molar-refractivity contribution is 6.22. The van der Waals surface area contributed by atoms with Gasteiger partial charge in [0.15, 0.2) is 5.82 Å². The zero-order chi connectivity index (χ0) is 28.3. The summed E-state index contributed by atoms with van der Waals surface area (Å²) in [6, 6.07) is 5.28. The third-order valence-corrected chi connectivity index (χ3v) is 7.17. The van der Waals surface area contributed by atoms with Crippen molar-refractivity contribution >= 4 is 25.0 Å². The maximum absolute atomic E-state index is 13.0. The minimum Gasteiger partial charge on any atom is -0.509 e. The molecule has 2 radical (unpaired) electrons. The van der Waals surface area contributed by atoms with Gasteiger partial charge in [-0.05, 0) is 59.1 Å². The number of rotatable bonds is 4. The Hall–Kier alpha value is -3.20. The van der Waals surface area contributed by atoms with Crippen LogP contribution in [0.5, 0.6) is 0 Å². The predicted octanol–water partition coefficient (Wildman–Crippen LogP) is 3.30. The van der Waals surface area contributed by atoms with Gasteiger partial charge in [0.05, 0.1) is 34.3 Å². The number of hydrogen-bond acceptors (Lipinski definition) is 8. The number of amides is 1. The number of carbonyl (C=O) groups is 1. The molecule has 2 aliphatic rings. The van der Waals surface area contributed by atoms with E-state index in [2.05, 4.69) is 15.3 Å². The average molecular weight is 519 g/mol. The molecule has 1 aliphatic carbocycles. The summed E-state index contributed by atoms with van der Waals surface area (Å²) in [4.78, 5) is 24.3. The van der Waals surface area contributed by atoms with E-state index in [1.807, 2.05) is 33.8 Å². The smallest absolute Gasteiger partial charge is 0.291 e. The number of ether oxygens (including phenoxy) is 1. The lowest BCUT2D eigenvalue weighted by atomic mass is 9.59. The SMILES string of the molecule is [B]C1(O)CC(C)(C)C(O)C(O)=C1c1nc(C2CC(C)(C)OC(C)(C)C2)ccc1NC(=O)c1ncc(C#N)[nH]1. The molecule has 38 heavy (non-hydrogen) atoms. The molecule has 1 aliphatic heterocycles. The van der Waals surface area contributed by atoms with E-state index in [0.717, 1.165) is 0 Å². The molecular weight excluding hydrogens is 485 g/mol. The molecule has 2 aromatic rings. The summed E-state index contributed by atoms with van der Waals surface area (Å²) < 4.78 is 6.22. The minimum absolute atomic E-state index is 0.0286. The number of anilines is 1. The van der Waals surface area contributed by atoms with Crippen LogP contribution in [0, 0.1) is 16.7 Å². The first kappa shape index (κ1) is 27.8. The number of aliphatic hydroxyl groups excluding tert-OH is 2. The monoisotopic (exact) mass is 519 g/mol. The molecule has 0 bridgehead atoms. The van der Waals surface area contributed by atoms with E-state index in [9.17, 15) is 20.1 Å². The van der Waals surface area contributed by atoms with E-state index in [-0.39, 0.29) is 40.8 Å². The summed E-state index contributed by atoms with van der Waals surface area (Å²) in [6.07, 6.45) is 1.19. The Morgan fingerprint density at radius 2 is 1.84 bits per heavy atom. The number of H-pyrrole nitrogens is 1. The maximum Gasteiger partial charge on any atom is 0.291 e. The Morgan fingerprint density at radius 3 is 2.42 bits per heavy atom. The van der Waals surface area contributed by atoms with E-state index in [4.69, 9.17) is 22.8 Å². The van der Waals surface area contributed by atoms with Gasteiger partial charge < -0.3 is 30.4 Å². The van der Waals surface area contributed by atoms with Gasteiger partial charge in [-0.15, -0.1) is 0 Å². The summed E-state index contributed by atoms with van der Waals surface area (Å²) in [5.74, 6) is -1.30. The van der Waals surface area contributed by atoms with Gasteiger partial charge in [-0.2, -0.15) is 5.26 Å². The lowest BCUT2D eigenvalue weighted by molar-refractivity contribution is -0.162. The van der Waals surface area contributed by atoms with Gasteiger partial charge in [-0.3, -0.25) is 9.78 Å². The number of hydrogen-bond donors (Lipinski definition) is 5. The van der Waals surface area contributed by atoms with E-state index in [1.165, 1.54) is 6.20 Å². The van der Waals surface area contributed by atoms with Crippen molar-refractivity contribution in [2.75, 3.05) is 5.32 Å². The average Bonchev–Trinajstić information content (AvgIpc) is 3.25. The lowest BCUT2D eigenvalue weighted by Gasteiger charge is -2.46. The molecule has 0 spiro atoms. The van der Waals surface area contributed by atoms with Gasteiger partial charge in [0, 0.05) is 22.6 Å². The van der Waals surface area contributed by atoms with Crippen molar-refractivity contribution in [1.29, 1.82) is 5.26 Å². The van der Waals surface area contributed by atoms with Crippen LogP contribution in [0.25, 0.3) is 5.57 Å². The van der Waals surface area contributed by atoms with Crippen LogP contribution >= 0.6 is 0 Å². The van der Waals surface area contributed by atoms with Crippen LogP contribution in [0.2, 0.25) is 0 Å². The van der Waals surface area contributed by atoms with Gasteiger partial charge in [-0.25, -0.2) is 4.98 Å². The zero-order valence-electron chi connectivity index (χ0n) is 22.6. The van der Waals surface area contributed by atoms with Crippen molar-refractivity contribution in [2.45, 2.75) is 89.5 Å². The summed E-state index contributed by atoms with van der Waals surface area (Å²) in [5.41, 5.74) is -2.99. The van der Waals surface area contributed by atoms with Crippen LogP contribution < -0.4 is 5.32 Å². The van der Waals surface area contributed by atoms with Gasteiger partial charge >= 0.3 is 0 Å². The normalized spacial score (nSPS) is 26.6. The summed E-state index contributed by atoms with van der Waals surface area (Å²) in [6.45, 7) is 11.4. The molecule has 5 N–H and O–H groups in total. The number of aromatic amines is 1. The first-order valence-electron chi connectivity index (χ1n) is 12.6. The first-order valence-corrected chi connectivity index (χ1v) is 12.6. The van der Waals surface area contributed by atoms with Crippen molar-refractivity contribution in [3.63, 3.8) is 0 Å². The Balaban J connectivity index is 1.85. The number of nitrogens with one attached hydrogen (secondary N) is 2. The fraction of sp³-hybridized carbons (Fsp3) is 0.556. The summed E-state index contributed by atoms with van der Waals surface area (Å²) in [7, 11) is 6.33.